The highest BCUT2D eigenvalue weighted by Gasteiger charge is 2.31. The number of amides is 3. The fourth-order valence-electron chi connectivity index (χ4n) is 6.31. The molecular weight excluding hydrogens is 636 g/mol. The predicted octanol–water partition coefficient (Wildman–Crippen LogP) is 3.09. The summed E-state index contributed by atoms with van der Waals surface area (Å²) in [4.78, 5) is 53.0. The van der Waals surface area contributed by atoms with Gasteiger partial charge in [0.2, 0.25) is 11.8 Å². The number of hydrogen-bond acceptors (Lipinski definition) is 7. The van der Waals surface area contributed by atoms with E-state index in [1.807, 2.05) is 41.3 Å². The number of anilines is 1. The van der Waals surface area contributed by atoms with E-state index in [0.29, 0.717) is 41.7 Å². The number of aryl methyl sites for hydroxylation is 1. The maximum Gasteiger partial charge on any atom is 0.282 e. The van der Waals surface area contributed by atoms with E-state index in [0.717, 1.165) is 30.6 Å². The van der Waals surface area contributed by atoms with Gasteiger partial charge >= 0.3 is 0 Å². The maximum atomic E-state index is 13.1. The monoisotopic (exact) mass is 670 g/mol. The molecule has 1 unspecified atom stereocenters. The molecule has 10 nitrogen and oxygen atoms in total. The molecular formula is C34H35BrN6O4. The SMILES string of the molecule is CN1C[C@H](Nc2cnn(C)c(=O)c2Br)C[C@H](c2ccc(C(=O)N3CC(C#Cc4ccc(C5CCC(=O)NC5=O)cc4)C3)cc2)C1. The molecule has 2 aromatic carbocycles. The maximum absolute atomic E-state index is 13.1. The number of imide groups is 1. The highest BCUT2D eigenvalue weighted by molar-refractivity contribution is 9.10. The first-order valence-corrected chi connectivity index (χ1v) is 15.9. The van der Waals surface area contributed by atoms with Crippen molar-refractivity contribution < 1.29 is 14.4 Å². The van der Waals surface area contributed by atoms with Crippen molar-refractivity contribution in [2.75, 3.05) is 38.5 Å². The molecule has 45 heavy (non-hydrogen) atoms. The summed E-state index contributed by atoms with van der Waals surface area (Å²) in [6.45, 7) is 2.94. The van der Waals surface area contributed by atoms with Crippen LogP contribution in [-0.4, -0.2) is 76.6 Å². The molecule has 0 saturated carbocycles. The van der Waals surface area contributed by atoms with Gasteiger partial charge in [0.25, 0.3) is 11.5 Å². The van der Waals surface area contributed by atoms with Crippen LogP contribution in [0.5, 0.6) is 0 Å². The number of carbonyl (C=O) groups excluding carboxylic acids is 3. The van der Waals surface area contributed by atoms with E-state index < -0.39 is 0 Å². The average molecular weight is 672 g/mol. The Balaban J connectivity index is 1.01. The second-order valence-corrected chi connectivity index (χ2v) is 13.0. The van der Waals surface area contributed by atoms with E-state index in [1.165, 1.54) is 10.2 Å². The zero-order valence-corrected chi connectivity index (χ0v) is 26.8. The number of nitrogens with one attached hydrogen (secondary N) is 2. The molecule has 3 aliphatic heterocycles. The first-order chi connectivity index (χ1) is 21.6. The third-order valence-electron chi connectivity index (χ3n) is 8.84. The van der Waals surface area contributed by atoms with E-state index in [-0.39, 0.29) is 47.1 Å². The number of nitrogens with zero attached hydrogens (tertiary/aromatic N) is 4. The van der Waals surface area contributed by atoms with E-state index in [9.17, 15) is 19.2 Å². The Morgan fingerprint density at radius 1 is 0.978 bits per heavy atom. The van der Waals surface area contributed by atoms with Crippen LogP contribution in [0.4, 0.5) is 5.69 Å². The van der Waals surface area contributed by atoms with Crippen LogP contribution in [0.25, 0.3) is 0 Å². The van der Waals surface area contributed by atoms with Crippen molar-refractivity contribution in [3.05, 3.63) is 91.8 Å². The number of hydrogen-bond donors (Lipinski definition) is 2. The minimum absolute atomic E-state index is 0.0107. The zero-order valence-electron chi connectivity index (χ0n) is 25.3. The van der Waals surface area contributed by atoms with Gasteiger partial charge in [-0.15, -0.1) is 0 Å². The molecule has 6 rings (SSSR count). The van der Waals surface area contributed by atoms with Crippen LogP contribution in [0.2, 0.25) is 0 Å². The van der Waals surface area contributed by atoms with Crippen LogP contribution < -0.4 is 16.2 Å². The molecule has 3 atom stereocenters. The van der Waals surface area contributed by atoms with Crippen LogP contribution in [-0.2, 0) is 16.6 Å². The fourth-order valence-corrected chi connectivity index (χ4v) is 6.78. The van der Waals surface area contributed by atoms with Crippen molar-refractivity contribution >= 4 is 39.3 Å². The molecule has 11 heteroatoms. The normalized spacial score (nSPS) is 22.2. The summed E-state index contributed by atoms with van der Waals surface area (Å²) in [6, 6.07) is 15.7. The van der Waals surface area contributed by atoms with E-state index in [2.05, 4.69) is 67.6 Å². The topological polar surface area (TPSA) is 117 Å². The van der Waals surface area contributed by atoms with Gasteiger partial charge in [-0.25, -0.2) is 4.68 Å². The molecule has 0 aliphatic carbocycles. The van der Waals surface area contributed by atoms with Gasteiger partial charge in [0, 0.05) is 56.8 Å². The number of aromatic nitrogens is 2. The highest BCUT2D eigenvalue weighted by atomic mass is 79.9. The largest absolute Gasteiger partial charge is 0.379 e. The number of likely N-dealkylation sites (tertiary alicyclic amines) is 2. The van der Waals surface area contributed by atoms with Gasteiger partial charge < -0.3 is 15.1 Å². The lowest BCUT2D eigenvalue weighted by Crippen LogP contribution is -2.49. The van der Waals surface area contributed by atoms with Crippen LogP contribution in [0.3, 0.4) is 0 Å². The highest BCUT2D eigenvalue weighted by Crippen LogP contribution is 2.30. The number of carbonyl (C=O) groups is 3. The van der Waals surface area contributed by atoms with Crippen molar-refractivity contribution in [1.82, 2.24) is 24.9 Å². The van der Waals surface area contributed by atoms with Gasteiger partial charge in [-0.2, -0.15) is 5.10 Å². The smallest absolute Gasteiger partial charge is 0.282 e. The lowest BCUT2D eigenvalue weighted by Gasteiger charge is -2.37. The summed E-state index contributed by atoms with van der Waals surface area (Å²) in [6.07, 6.45) is 3.44. The molecule has 232 valence electrons. The molecule has 0 radical (unpaired) electrons. The Labute approximate surface area is 270 Å². The molecule has 3 aliphatic rings. The number of rotatable bonds is 5. The van der Waals surface area contributed by atoms with Gasteiger partial charge in [0.15, 0.2) is 0 Å². The lowest BCUT2D eigenvalue weighted by molar-refractivity contribution is -0.134. The summed E-state index contributed by atoms with van der Waals surface area (Å²) in [5.74, 6) is 6.11. The van der Waals surface area contributed by atoms with Crippen LogP contribution in [0, 0.1) is 17.8 Å². The lowest BCUT2D eigenvalue weighted by atomic mass is 9.87. The van der Waals surface area contributed by atoms with Crippen molar-refractivity contribution in [1.29, 1.82) is 0 Å². The predicted molar refractivity (Wildman–Crippen MR) is 174 cm³/mol. The molecule has 0 bridgehead atoms. The second-order valence-electron chi connectivity index (χ2n) is 12.2. The number of benzene rings is 2. The van der Waals surface area contributed by atoms with E-state index in [4.69, 9.17) is 0 Å². The van der Waals surface area contributed by atoms with E-state index in [1.54, 1.807) is 13.2 Å². The first-order valence-electron chi connectivity index (χ1n) is 15.2. The van der Waals surface area contributed by atoms with Gasteiger partial charge in [0.05, 0.1) is 23.7 Å². The quantitative estimate of drug-likeness (QED) is 0.317. The number of halogens is 1. The van der Waals surface area contributed by atoms with E-state index >= 15 is 0 Å². The van der Waals surface area contributed by atoms with Crippen molar-refractivity contribution in [3.8, 4) is 11.8 Å². The number of likely N-dealkylation sites (N-methyl/N-ethyl adjacent to an activating group) is 1. The minimum Gasteiger partial charge on any atom is -0.379 e. The molecule has 3 saturated heterocycles. The average Bonchev–Trinajstić information content (AvgIpc) is 3.01. The third-order valence-corrected chi connectivity index (χ3v) is 9.61. The molecule has 3 fully saturated rings. The molecule has 3 amide bonds. The number of piperidine rings is 2. The Bertz CT molecular complexity index is 1740. The fraction of sp³-hybridized carbons (Fsp3) is 0.382. The Morgan fingerprint density at radius 3 is 2.40 bits per heavy atom. The molecule has 0 spiro atoms. The zero-order chi connectivity index (χ0) is 31.7. The Morgan fingerprint density at radius 2 is 1.69 bits per heavy atom. The molecule has 2 N–H and O–H groups in total. The van der Waals surface area contributed by atoms with Gasteiger partial charge in [-0.05, 0) is 77.1 Å². The Kier molecular flexibility index (Phi) is 8.88. The van der Waals surface area contributed by atoms with Crippen molar-refractivity contribution in [2.45, 2.75) is 37.1 Å². The van der Waals surface area contributed by atoms with Crippen LogP contribution >= 0.6 is 15.9 Å². The first kappa shape index (κ1) is 30.7. The summed E-state index contributed by atoms with van der Waals surface area (Å²) in [5, 5.41) is 10.0. The van der Waals surface area contributed by atoms with Crippen LogP contribution in [0.1, 0.15) is 58.1 Å². The molecule has 4 heterocycles. The summed E-state index contributed by atoms with van der Waals surface area (Å²) >= 11 is 3.41. The summed E-state index contributed by atoms with van der Waals surface area (Å²) in [7, 11) is 3.72. The second kappa shape index (κ2) is 13.0. The van der Waals surface area contributed by atoms with Gasteiger partial charge in [0.1, 0.15) is 4.47 Å². The molecule has 3 aromatic rings. The van der Waals surface area contributed by atoms with Crippen LogP contribution in [0.15, 0.2) is 64.0 Å². The minimum atomic E-state index is -0.305. The third kappa shape index (κ3) is 6.87. The van der Waals surface area contributed by atoms with Gasteiger partial charge in [-0.3, -0.25) is 24.5 Å². The van der Waals surface area contributed by atoms with Crippen molar-refractivity contribution in [2.24, 2.45) is 13.0 Å². The van der Waals surface area contributed by atoms with Crippen molar-refractivity contribution in [3.63, 3.8) is 0 Å². The van der Waals surface area contributed by atoms with Gasteiger partial charge in [-0.1, -0.05) is 36.1 Å². The summed E-state index contributed by atoms with van der Waals surface area (Å²) in [5.41, 5.74) is 4.10. The Hall–Kier alpha value is -4.27. The molecule has 1 aromatic heterocycles. The standard InChI is InChI=1S/C34H35BrN6O4/c1-39-19-26(15-27(20-39)37-29-16-36-40(2)34(45)31(29)35)23-9-11-25(12-10-23)33(44)41-17-22(18-41)4-3-21-5-7-24(8-6-21)28-13-14-30(42)38-32(28)43/h5-12,16,22,26-28,37H,13-15,17-20H2,1-2H3,(H,38,42,43)/t26-,27+,28?/m0/s1. The summed E-state index contributed by atoms with van der Waals surface area (Å²) < 4.78 is 1.78.